The molecule has 5 rings (SSSR count). The van der Waals surface area contributed by atoms with E-state index in [-0.39, 0.29) is 19.2 Å². The van der Waals surface area contributed by atoms with Crippen LogP contribution < -0.4 is 19.5 Å². The van der Waals surface area contributed by atoms with Gasteiger partial charge in [-0.1, -0.05) is 43.6 Å². The molecule has 0 bridgehead atoms. The van der Waals surface area contributed by atoms with E-state index in [1.165, 1.54) is 0 Å². The van der Waals surface area contributed by atoms with Gasteiger partial charge in [0, 0.05) is 35.8 Å². The minimum absolute atomic E-state index is 0.0100. The molecule has 2 N–H and O–H groups in total. The van der Waals surface area contributed by atoms with Crippen LogP contribution in [0, 0.1) is 12.8 Å². The number of carbonyl (C=O) groups excluding carboxylic acids is 1. The number of hydrogen-bond donors (Lipinski definition) is 2. The van der Waals surface area contributed by atoms with Crippen molar-refractivity contribution in [3.63, 3.8) is 0 Å². The third-order valence-electron chi connectivity index (χ3n) is 8.67. The number of nitrogens with one attached hydrogen (secondary N) is 1. The van der Waals surface area contributed by atoms with Crippen molar-refractivity contribution in [2.75, 3.05) is 45.0 Å². The Labute approximate surface area is 269 Å². The topological polar surface area (TPSA) is 107 Å². The first-order valence-electron chi connectivity index (χ1n) is 15.5. The van der Waals surface area contributed by atoms with Gasteiger partial charge in [-0.25, -0.2) is 0 Å². The number of carboxylic acid groups (broad SMARTS) is 1. The van der Waals surface area contributed by atoms with Gasteiger partial charge in [-0.05, 0) is 84.8 Å². The largest absolute Gasteiger partial charge is 0.491 e. The Morgan fingerprint density at radius 2 is 1.73 bits per heavy atom. The Balaban J connectivity index is 1.47. The molecule has 3 aromatic rings. The number of halogens is 1. The Hall–Kier alpha value is -3.79. The number of aryl methyl sites for hydroxylation is 2. The van der Waals surface area contributed by atoms with Gasteiger partial charge in [-0.2, -0.15) is 0 Å². The maximum atomic E-state index is 13.7. The number of likely N-dealkylation sites (tertiary alicyclic amines) is 1. The number of ether oxygens (including phenoxy) is 4. The first kappa shape index (κ1) is 32.6. The summed E-state index contributed by atoms with van der Waals surface area (Å²) in [5.41, 5.74) is 5.21. The molecule has 10 heteroatoms. The molecule has 2 aliphatic heterocycles. The Kier molecular flexibility index (Phi) is 10.5. The molecular formula is C35H41ClN2O7. The van der Waals surface area contributed by atoms with Crippen LogP contribution in [0.3, 0.4) is 0 Å². The van der Waals surface area contributed by atoms with Crippen LogP contribution in [0.1, 0.15) is 60.5 Å². The molecule has 9 nitrogen and oxygen atoms in total. The molecule has 2 aliphatic rings. The molecular weight excluding hydrogens is 596 g/mol. The third-order valence-corrected chi connectivity index (χ3v) is 8.89. The molecule has 3 atom stereocenters. The molecule has 240 valence electrons. The molecule has 2 heterocycles. The van der Waals surface area contributed by atoms with Crippen molar-refractivity contribution >= 4 is 29.2 Å². The van der Waals surface area contributed by atoms with Crippen LogP contribution >= 0.6 is 11.6 Å². The van der Waals surface area contributed by atoms with E-state index in [2.05, 4.69) is 5.32 Å². The molecule has 0 spiro atoms. The minimum Gasteiger partial charge on any atom is -0.491 e. The van der Waals surface area contributed by atoms with Gasteiger partial charge in [-0.15, -0.1) is 0 Å². The van der Waals surface area contributed by atoms with Crippen LogP contribution in [0.4, 0.5) is 5.69 Å². The maximum absolute atomic E-state index is 13.7. The summed E-state index contributed by atoms with van der Waals surface area (Å²) in [7, 11) is 0. The summed E-state index contributed by atoms with van der Waals surface area (Å²) in [6.45, 7) is 9.93. The number of aliphatic carboxylic acids is 1. The van der Waals surface area contributed by atoms with Crippen molar-refractivity contribution in [3.8, 4) is 17.2 Å². The first-order valence-corrected chi connectivity index (χ1v) is 15.9. The fourth-order valence-electron chi connectivity index (χ4n) is 6.57. The quantitative estimate of drug-likeness (QED) is 0.208. The molecule has 0 aromatic heterocycles. The summed E-state index contributed by atoms with van der Waals surface area (Å²) in [6, 6.07) is 14.4. The fraction of sp³-hybridized carbons (Fsp3) is 0.429. The summed E-state index contributed by atoms with van der Waals surface area (Å²) >= 11 is 6.35. The molecule has 1 saturated heterocycles. The zero-order valence-corrected chi connectivity index (χ0v) is 27.0. The molecule has 1 amide bonds. The molecule has 1 fully saturated rings. The van der Waals surface area contributed by atoms with Gasteiger partial charge in [0.1, 0.15) is 12.4 Å². The SMILES string of the molecule is CCOCCOc1ccc([C@H]2C(C(=O)O)[C@@H](c3ccc4c(c3C)OCO4)CN2CC(=O)Nc2c(CC)cc(Cl)cc2CC)cc1. The zero-order valence-electron chi connectivity index (χ0n) is 26.2. The number of carboxylic acids is 1. The standard InChI is InChI=1S/C35H41ClN2O7/c1-5-22-16-25(36)17-23(6-2)32(22)37-30(39)19-38-18-28(27-12-13-29-34(21(27)4)45-20-44-29)31(35(40)41)33(38)24-8-10-26(11-9-24)43-15-14-42-7-3/h8-13,16-17,28,31,33H,5-7,14-15,18-20H2,1-4H3,(H,37,39)(H,40,41)/t28-,31?,33+/m1/s1. The van der Waals surface area contributed by atoms with Crippen LogP contribution in [0.25, 0.3) is 0 Å². The van der Waals surface area contributed by atoms with Gasteiger partial charge >= 0.3 is 5.97 Å². The van der Waals surface area contributed by atoms with Crippen LogP contribution in [-0.4, -0.2) is 61.6 Å². The highest BCUT2D eigenvalue weighted by Crippen LogP contribution is 2.49. The predicted octanol–water partition coefficient (Wildman–Crippen LogP) is 6.40. The summed E-state index contributed by atoms with van der Waals surface area (Å²) in [4.78, 5) is 28.8. The van der Waals surface area contributed by atoms with E-state index in [0.717, 1.165) is 33.5 Å². The van der Waals surface area contributed by atoms with E-state index in [0.29, 0.717) is 61.5 Å². The van der Waals surface area contributed by atoms with Gasteiger partial charge in [0.15, 0.2) is 11.5 Å². The molecule has 45 heavy (non-hydrogen) atoms. The van der Waals surface area contributed by atoms with E-state index in [9.17, 15) is 14.7 Å². The van der Waals surface area contributed by atoms with E-state index in [1.54, 1.807) is 0 Å². The summed E-state index contributed by atoms with van der Waals surface area (Å²) in [5.74, 6) is -0.414. The zero-order chi connectivity index (χ0) is 32.1. The first-order chi connectivity index (χ1) is 21.7. The average molecular weight is 637 g/mol. The van der Waals surface area contributed by atoms with Gasteiger partial charge in [0.2, 0.25) is 12.7 Å². The second kappa shape index (κ2) is 14.5. The Bertz CT molecular complexity index is 1500. The number of nitrogens with zero attached hydrogens (tertiary/aromatic N) is 1. The Morgan fingerprint density at radius 3 is 2.38 bits per heavy atom. The van der Waals surface area contributed by atoms with Crippen molar-refractivity contribution in [1.82, 2.24) is 4.90 Å². The van der Waals surface area contributed by atoms with E-state index < -0.39 is 23.8 Å². The van der Waals surface area contributed by atoms with Crippen molar-refractivity contribution < 1.29 is 33.6 Å². The Morgan fingerprint density at radius 1 is 1.02 bits per heavy atom. The number of amides is 1. The lowest BCUT2D eigenvalue weighted by molar-refractivity contribution is -0.143. The normalized spacial score (nSPS) is 19.1. The van der Waals surface area contributed by atoms with Gasteiger partial charge in [0.25, 0.3) is 0 Å². The molecule has 3 aromatic carbocycles. The summed E-state index contributed by atoms with van der Waals surface area (Å²) in [5, 5.41) is 14.5. The molecule has 0 radical (unpaired) electrons. The summed E-state index contributed by atoms with van der Waals surface area (Å²) < 4.78 is 22.5. The van der Waals surface area contributed by atoms with Gasteiger partial charge in [-0.3, -0.25) is 14.5 Å². The van der Waals surface area contributed by atoms with Crippen molar-refractivity contribution in [2.24, 2.45) is 5.92 Å². The van der Waals surface area contributed by atoms with Crippen LogP contribution in [0.15, 0.2) is 48.5 Å². The highest BCUT2D eigenvalue weighted by Gasteiger charge is 2.48. The lowest BCUT2D eigenvalue weighted by atomic mass is 9.81. The van der Waals surface area contributed by atoms with E-state index in [4.69, 9.17) is 30.5 Å². The van der Waals surface area contributed by atoms with Gasteiger partial charge < -0.3 is 29.4 Å². The van der Waals surface area contributed by atoms with E-state index >= 15 is 0 Å². The maximum Gasteiger partial charge on any atom is 0.309 e. The number of benzene rings is 3. The predicted molar refractivity (Wildman–Crippen MR) is 173 cm³/mol. The van der Waals surface area contributed by atoms with Crippen LogP contribution in [-0.2, 0) is 27.2 Å². The lowest BCUT2D eigenvalue weighted by Gasteiger charge is -2.27. The number of anilines is 1. The smallest absolute Gasteiger partial charge is 0.309 e. The highest BCUT2D eigenvalue weighted by molar-refractivity contribution is 6.30. The van der Waals surface area contributed by atoms with E-state index in [1.807, 2.05) is 81.1 Å². The number of carbonyl (C=O) groups is 2. The highest BCUT2D eigenvalue weighted by atomic mass is 35.5. The fourth-order valence-corrected chi connectivity index (χ4v) is 6.83. The third kappa shape index (κ3) is 7.06. The van der Waals surface area contributed by atoms with Crippen molar-refractivity contribution in [3.05, 3.63) is 81.4 Å². The minimum atomic E-state index is -0.929. The molecule has 0 saturated carbocycles. The summed E-state index contributed by atoms with van der Waals surface area (Å²) in [6.07, 6.45) is 1.42. The second-order valence-corrected chi connectivity index (χ2v) is 11.8. The number of fused-ring (bicyclic) bond motifs is 1. The van der Waals surface area contributed by atoms with Crippen molar-refractivity contribution in [2.45, 2.75) is 52.5 Å². The molecule has 0 aliphatic carbocycles. The number of hydrogen-bond acceptors (Lipinski definition) is 7. The monoisotopic (exact) mass is 636 g/mol. The number of rotatable bonds is 13. The van der Waals surface area contributed by atoms with Crippen LogP contribution in [0.2, 0.25) is 5.02 Å². The van der Waals surface area contributed by atoms with Gasteiger partial charge in [0.05, 0.1) is 19.1 Å². The average Bonchev–Trinajstić information content (AvgIpc) is 3.66. The lowest BCUT2D eigenvalue weighted by Crippen LogP contribution is -2.35. The second-order valence-electron chi connectivity index (χ2n) is 11.3. The van der Waals surface area contributed by atoms with Crippen LogP contribution in [0.5, 0.6) is 17.2 Å². The van der Waals surface area contributed by atoms with Crippen molar-refractivity contribution in [1.29, 1.82) is 0 Å². The molecule has 1 unspecified atom stereocenters.